The molecule has 1 saturated heterocycles. The van der Waals surface area contributed by atoms with Crippen molar-refractivity contribution in [1.82, 2.24) is 0 Å². The highest BCUT2D eigenvalue weighted by molar-refractivity contribution is 5.22. The lowest BCUT2D eigenvalue weighted by Crippen LogP contribution is -2.38. The summed E-state index contributed by atoms with van der Waals surface area (Å²) in [6.45, 7) is 9.78. The Hall–Kier alpha value is -0.0400. The highest BCUT2D eigenvalue weighted by Crippen LogP contribution is 2.76. The largest absolute Gasteiger partial charge is 0.369 e. The third-order valence-corrected chi connectivity index (χ3v) is 6.82. The van der Waals surface area contributed by atoms with Gasteiger partial charge in [-0.1, -0.05) is 13.8 Å². The first kappa shape index (κ1) is 9.94. The Labute approximate surface area is 98.9 Å². The van der Waals surface area contributed by atoms with Gasteiger partial charge in [-0.05, 0) is 68.6 Å². The second kappa shape index (κ2) is 2.39. The number of hydrogen-bond donors (Lipinski definition) is 0. The predicted molar refractivity (Wildman–Crippen MR) is 64.1 cm³/mol. The van der Waals surface area contributed by atoms with Crippen molar-refractivity contribution >= 4 is 0 Å². The summed E-state index contributed by atoms with van der Waals surface area (Å²) in [5, 5.41) is 0. The van der Waals surface area contributed by atoms with E-state index in [4.69, 9.17) is 4.74 Å². The van der Waals surface area contributed by atoms with Gasteiger partial charge in [-0.3, -0.25) is 0 Å². The molecular weight excluding hydrogens is 196 g/mol. The fourth-order valence-corrected chi connectivity index (χ4v) is 5.99. The summed E-state index contributed by atoms with van der Waals surface area (Å²) in [7, 11) is 0. The van der Waals surface area contributed by atoms with Gasteiger partial charge in [0.15, 0.2) is 0 Å². The molecule has 0 radical (unpaired) electrons. The lowest BCUT2D eigenvalue weighted by Gasteiger charge is -2.37. The molecule has 1 aliphatic heterocycles. The molecular formula is C15H24O. The smallest absolute Gasteiger partial charge is 0.0696 e. The molecule has 0 aromatic carbocycles. The van der Waals surface area contributed by atoms with Crippen LogP contribution in [0.5, 0.6) is 0 Å². The SMILES string of the molecule is CC1(C)[C@@H]2[C@@H]3[C@H]4CC[C@]3(C)O[C@@]4(C)CC[C@@H]21. The van der Waals surface area contributed by atoms with E-state index in [0.29, 0.717) is 5.41 Å². The second-order valence-electron chi connectivity index (χ2n) is 7.89. The van der Waals surface area contributed by atoms with Crippen LogP contribution in [-0.2, 0) is 4.74 Å². The molecule has 3 saturated carbocycles. The molecule has 0 spiro atoms. The van der Waals surface area contributed by atoms with E-state index in [0.717, 1.165) is 23.7 Å². The van der Waals surface area contributed by atoms with Gasteiger partial charge in [-0.15, -0.1) is 0 Å². The maximum atomic E-state index is 6.53. The van der Waals surface area contributed by atoms with Gasteiger partial charge in [-0.25, -0.2) is 0 Å². The minimum atomic E-state index is 0.233. The molecule has 3 aliphatic carbocycles. The van der Waals surface area contributed by atoms with Crippen LogP contribution in [0.2, 0.25) is 0 Å². The lowest BCUT2D eigenvalue weighted by molar-refractivity contribution is -0.133. The molecule has 6 atom stereocenters. The van der Waals surface area contributed by atoms with Crippen LogP contribution in [0.1, 0.15) is 53.4 Å². The fraction of sp³-hybridized carbons (Fsp3) is 1.00. The van der Waals surface area contributed by atoms with E-state index in [2.05, 4.69) is 27.7 Å². The van der Waals surface area contributed by atoms with Crippen LogP contribution in [0.3, 0.4) is 0 Å². The molecule has 1 nitrogen and oxygen atoms in total. The van der Waals surface area contributed by atoms with E-state index in [1.807, 2.05) is 0 Å². The molecule has 4 bridgehead atoms. The highest BCUT2D eigenvalue weighted by atomic mass is 16.5. The third kappa shape index (κ3) is 0.868. The van der Waals surface area contributed by atoms with Crippen LogP contribution in [0, 0.1) is 29.1 Å². The summed E-state index contributed by atoms with van der Waals surface area (Å²) in [6.07, 6.45) is 5.47. The average molecular weight is 220 g/mol. The molecule has 1 heterocycles. The Bertz CT molecular complexity index is 360. The summed E-state index contributed by atoms with van der Waals surface area (Å²) in [5.74, 6) is 3.71. The minimum absolute atomic E-state index is 0.233. The van der Waals surface area contributed by atoms with Crippen molar-refractivity contribution < 1.29 is 4.74 Å². The Morgan fingerprint density at radius 2 is 1.44 bits per heavy atom. The van der Waals surface area contributed by atoms with Crippen molar-refractivity contribution in [3.8, 4) is 0 Å². The van der Waals surface area contributed by atoms with Crippen LogP contribution in [0.25, 0.3) is 0 Å². The summed E-state index contributed by atoms with van der Waals surface area (Å²) in [5.41, 5.74) is 1.08. The maximum Gasteiger partial charge on any atom is 0.0696 e. The number of fused-ring (bicyclic) bond motifs is 1. The molecule has 0 amide bonds. The van der Waals surface area contributed by atoms with E-state index >= 15 is 0 Å². The molecule has 1 heteroatoms. The molecule has 4 fully saturated rings. The molecule has 0 unspecified atom stereocenters. The summed E-state index contributed by atoms with van der Waals surface area (Å²) in [4.78, 5) is 0. The van der Waals surface area contributed by atoms with E-state index in [9.17, 15) is 0 Å². The second-order valence-corrected chi connectivity index (χ2v) is 7.89. The zero-order valence-corrected chi connectivity index (χ0v) is 11.0. The van der Waals surface area contributed by atoms with Gasteiger partial charge >= 0.3 is 0 Å². The van der Waals surface area contributed by atoms with Crippen LogP contribution in [0.4, 0.5) is 0 Å². The zero-order valence-electron chi connectivity index (χ0n) is 11.0. The monoisotopic (exact) mass is 220 g/mol. The lowest BCUT2D eigenvalue weighted by atomic mass is 9.77. The average Bonchev–Trinajstić information content (AvgIpc) is 2.46. The van der Waals surface area contributed by atoms with Gasteiger partial charge in [0.2, 0.25) is 0 Å². The summed E-state index contributed by atoms with van der Waals surface area (Å²) >= 11 is 0. The number of hydrogen-bond acceptors (Lipinski definition) is 1. The van der Waals surface area contributed by atoms with Crippen molar-refractivity contribution in [2.24, 2.45) is 29.1 Å². The Kier molecular flexibility index (Phi) is 1.48. The topological polar surface area (TPSA) is 9.23 Å². The van der Waals surface area contributed by atoms with E-state index < -0.39 is 0 Å². The van der Waals surface area contributed by atoms with E-state index in [1.54, 1.807) is 0 Å². The summed E-state index contributed by atoms with van der Waals surface area (Å²) < 4.78 is 6.53. The molecule has 90 valence electrons. The predicted octanol–water partition coefficient (Wildman–Crippen LogP) is 3.63. The molecule has 0 N–H and O–H groups in total. The summed E-state index contributed by atoms with van der Waals surface area (Å²) in [6, 6.07) is 0. The molecule has 16 heavy (non-hydrogen) atoms. The van der Waals surface area contributed by atoms with Crippen molar-refractivity contribution in [3.05, 3.63) is 0 Å². The molecule has 4 rings (SSSR count). The van der Waals surface area contributed by atoms with Crippen LogP contribution >= 0.6 is 0 Å². The van der Waals surface area contributed by atoms with Crippen molar-refractivity contribution in [3.63, 3.8) is 0 Å². The Morgan fingerprint density at radius 1 is 0.812 bits per heavy atom. The van der Waals surface area contributed by atoms with Gasteiger partial charge in [-0.2, -0.15) is 0 Å². The normalized spacial score (nSPS) is 65.2. The Morgan fingerprint density at radius 3 is 2.19 bits per heavy atom. The van der Waals surface area contributed by atoms with E-state index in [1.165, 1.54) is 25.7 Å². The fourth-order valence-electron chi connectivity index (χ4n) is 5.99. The van der Waals surface area contributed by atoms with Crippen LogP contribution in [-0.4, -0.2) is 11.2 Å². The van der Waals surface area contributed by atoms with Gasteiger partial charge in [0.05, 0.1) is 11.2 Å². The highest BCUT2D eigenvalue weighted by Gasteiger charge is 2.74. The zero-order chi connectivity index (χ0) is 11.3. The van der Waals surface area contributed by atoms with Crippen LogP contribution < -0.4 is 0 Å². The number of rotatable bonds is 0. The maximum absolute atomic E-state index is 6.53. The molecule has 0 aromatic heterocycles. The van der Waals surface area contributed by atoms with Crippen molar-refractivity contribution in [1.29, 1.82) is 0 Å². The first-order chi connectivity index (χ1) is 7.39. The van der Waals surface area contributed by atoms with Gasteiger partial charge < -0.3 is 4.74 Å². The quantitative estimate of drug-likeness (QED) is 0.606. The molecule has 4 aliphatic rings. The van der Waals surface area contributed by atoms with E-state index in [-0.39, 0.29) is 11.2 Å². The van der Waals surface area contributed by atoms with Gasteiger partial charge in [0, 0.05) is 0 Å². The van der Waals surface area contributed by atoms with Crippen molar-refractivity contribution in [2.45, 2.75) is 64.6 Å². The van der Waals surface area contributed by atoms with Gasteiger partial charge in [0.25, 0.3) is 0 Å². The van der Waals surface area contributed by atoms with Gasteiger partial charge in [0.1, 0.15) is 0 Å². The van der Waals surface area contributed by atoms with Crippen molar-refractivity contribution in [2.75, 3.05) is 0 Å². The third-order valence-electron chi connectivity index (χ3n) is 6.82. The first-order valence-corrected chi connectivity index (χ1v) is 7.09. The number of ether oxygens (including phenoxy) is 1. The minimum Gasteiger partial charge on any atom is -0.369 e. The first-order valence-electron chi connectivity index (χ1n) is 7.09. The standard InChI is InChI=1S/C15H24O/c1-13(2)9-5-7-14(3)10-6-8-15(4,16-14)12(10)11(9)13/h9-12H,5-8H2,1-4H3/t9-,10+,11-,12-,14-,15-/m0/s1. The Balaban J connectivity index is 1.81. The molecule has 0 aromatic rings. The van der Waals surface area contributed by atoms with Crippen LogP contribution in [0.15, 0.2) is 0 Å².